The van der Waals surface area contributed by atoms with Crippen molar-refractivity contribution in [1.82, 2.24) is 5.32 Å². The standard InChI is InChI=1S/C17H18BrNO/c1-11-5-3-4-6-13(11)17-10-15(19-2)14-8-7-12(18)9-16(14)20-17/h3-9,15,17,19H,10H2,1-2H3. The topological polar surface area (TPSA) is 21.3 Å². The molecule has 0 radical (unpaired) electrons. The van der Waals surface area contributed by atoms with E-state index in [0.717, 1.165) is 16.6 Å². The summed E-state index contributed by atoms with van der Waals surface area (Å²) in [6, 6.07) is 15.0. The van der Waals surface area contributed by atoms with E-state index in [1.54, 1.807) is 0 Å². The maximum Gasteiger partial charge on any atom is 0.126 e. The highest BCUT2D eigenvalue weighted by Crippen LogP contribution is 2.42. The molecule has 0 bridgehead atoms. The highest BCUT2D eigenvalue weighted by Gasteiger charge is 2.29. The van der Waals surface area contributed by atoms with Gasteiger partial charge < -0.3 is 10.1 Å². The average molecular weight is 332 g/mol. The predicted octanol–water partition coefficient (Wildman–Crippen LogP) is 4.54. The van der Waals surface area contributed by atoms with Gasteiger partial charge in [-0.1, -0.05) is 46.3 Å². The van der Waals surface area contributed by atoms with Gasteiger partial charge in [-0.2, -0.15) is 0 Å². The average Bonchev–Trinajstić information content (AvgIpc) is 2.46. The van der Waals surface area contributed by atoms with Crippen molar-refractivity contribution in [2.24, 2.45) is 0 Å². The lowest BCUT2D eigenvalue weighted by molar-refractivity contribution is 0.153. The summed E-state index contributed by atoms with van der Waals surface area (Å²) in [4.78, 5) is 0. The molecule has 2 atom stereocenters. The van der Waals surface area contributed by atoms with E-state index in [1.165, 1.54) is 16.7 Å². The van der Waals surface area contributed by atoms with E-state index < -0.39 is 0 Å². The van der Waals surface area contributed by atoms with Crippen LogP contribution in [0.4, 0.5) is 0 Å². The Hall–Kier alpha value is -1.32. The molecule has 3 rings (SSSR count). The Balaban J connectivity index is 2.00. The molecule has 2 unspecified atom stereocenters. The van der Waals surface area contributed by atoms with Crippen LogP contribution in [-0.2, 0) is 0 Å². The first-order valence-electron chi connectivity index (χ1n) is 6.88. The predicted molar refractivity (Wildman–Crippen MR) is 85.1 cm³/mol. The molecule has 0 saturated carbocycles. The summed E-state index contributed by atoms with van der Waals surface area (Å²) in [7, 11) is 2.01. The van der Waals surface area contributed by atoms with Crippen molar-refractivity contribution in [3.05, 3.63) is 63.6 Å². The van der Waals surface area contributed by atoms with E-state index in [2.05, 4.69) is 70.6 Å². The Labute approximate surface area is 128 Å². The van der Waals surface area contributed by atoms with E-state index in [9.17, 15) is 0 Å². The number of hydrogen-bond donors (Lipinski definition) is 1. The monoisotopic (exact) mass is 331 g/mol. The molecule has 3 heteroatoms. The number of aryl methyl sites for hydroxylation is 1. The van der Waals surface area contributed by atoms with Crippen molar-refractivity contribution in [3.8, 4) is 5.75 Å². The van der Waals surface area contributed by atoms with Gasteiger partial charge >= 0.3 is 0 Å². The Bertz CT molecular complexity index is 626. The van der Waals surface area contributed by atoms with E-state index >= 15 is 0 Å². The third-order valence-electron chi connectivity index (χ3n) is 3.95. The molecule has 0 saturated heterocycles. The molecular formula is C17H18BrNO. The summed E-state index contributed by atoms with van der Waals surface area (Å²) in [6.45, 7) is 2.14. The first kappa shape index (κ1) is 13.7. The van der Waals surface area contributed by atoms with Crippen LogP contribution in [0.2, 0.25) is 0 Å². The smallest absolute Gasteiger partial charge is 0.126 e. The van der Waals surface area contributed by atoms with Gasteiger partial charge in [-0.3, -0.25) is 0 Å². The summed E-state index contributed by atoms with van der Waals surface area (Å²) in [5, 5.41) is 3.40. The van der Waals surface area contributed by atoms with Crippen molar-refractivity contribution in [2.75, 3.05) is 7.05 Å². The lowest BCUT2D eigenvalue weighted by atomic mass is 9.91. The van der Waals surface area contributed by atoms with Gasteiger partial charge in [0.15, 0.2) is 0 Å². The molecule has 1 aliphatic heterocycles. The molecule has 2 nitrogen and oxygen atoms in total. The Morgan fingerprint density at radius 3 is 2.70 bits per heavy atom. The number of nitrogens with one attached hydrogen (secondary N) is 1. The SMILES string of the molecule is CNC1CC(c2ccccc2C)Oc2cc(Br)ccc21. The van der Waals surface area contributed by atoms with Gasteiger partial charge in [0.1, 0.15) is 11.9 Å². The first-order chi connectivity index (χ1) is 9.69. The Morgan fingerprint density at radius 2 is 1.95 bits per heavy atom. The minimum Gasteiger partial charge on any atom is -0.485 e. The number of hydrogen-bond acceptors (Lipinski definition) is 2. The summed E-state index contributed by atoms with van der Waals surface area (Å²) < 4.78 is 7.29. The van der Waals surface area contributed by atoms with Gasteiger partial charge in [0, 0.05) is 22.5 Å². The number of halogens is 1. The van der Waals surface area contributed by atoms with Crippen LogP contribution in [0, 0.1) is 6.92 Å². The van der Waals surface area contributed by atoms with Crippen LogP contribution in [0.3, 0.4) is 0 Å². The minimum absolute atomic E-state index is 0.107. The Kier molecular flexibility index (Phi) is 3.81. The van der Waals surface area contributed by atoms with Crippen molar-refractivity contribution >= 4 is 15.9 Å². The van der Waals surface area contributed by atoms with Crippen LogP contribution in [0.5, 0.6) is 5.75 Å². The molecule has 0 aliphatic carbocycles. The second-order valence-electron chi connectivity index (χ2n) is 5.22. The van der Waals surface area contributed by atoms with Crippen molar-refractivity contribution < 1.29 is 4.74 Å². The molecule has 2 aromatic rings. The zero-order chi connectivity index (χ0) is 14.1. The van der Waals surface area contributed by atoms with E-state index in [0.29, 0.717) is 6.04 Å². The van der Waals surface area contributed by atoms with Crippen LogP contribution in [-0.4, -0.2) is 7.05 Å². The molecule has 1 aliphatic rings. The third kappa shape index (κ3) is 2.48. The highest BCUT2D eigenvalue weighted by molar-refractivity contribution is 9.10. The minimum atomic E-state index is 0.107. The van der Waals surface area contributed by atoms with Gasteiger partial charge in [0.2, 0.25) is 0 Å². The van der Waals surface area contributed by atoms with Crippen LogP contribution < -0.4 is 10.1 Å². The summed E-state index contributed by atoms with van der Waals surface area (Å²) in [5.41, 5.74) is 3.80. The highest BCUT2D eigenvalue weighted by atomic mass is 79.9. The van der Waals surface area contributed by atoms with Crippen LogP contribution in [0.25, 0.3) is 0 Å². The van der Waals surface area contributed by atoms with Gasteiger partial charge in [-0.25, -0.2) is 0 Å². The normalized spacial score (nSPS) is 21.1. The summed E-state index contributed by atoms with van der Waals surface area (Å²) >= 11 is 3.52. The van der Waals surface area contributed by atoms with Crippen LogP contribution >= 0.6 is 15.9 Å². The van der Waals surface area contributed by atoms with Crippen LogP contribution in [0.15, 0.2) is 46.9 Å². The maximum absolute atomic E-state index is 6.24. The van der Waals surface area contributed by atoms with Crippen molar-refractivity contribution in [1.29, 1.82) is 0 Å². The lowest BCUT2D eigenvalue weighted by Crippen LogP contribution is -2.27. The van der Waals surface area contributed by atoms with Gasteiger partial charge in [-0.15, -0.1) is 0 Å². The molecular weight excluding hydrogens is 314 g/mol. The summed E-state index contributed by atoms with van der Waals surface area (Å²) in [6.07, 6.45) is 1.06. The molecule has 0 amide bonds. The third-order valence-corrected chi connectivity index (χ3v) is 4.45. The largest absolute Gasteiger partial charge is 0.485 e. The molecule has 20 heavy (non-hydrogen) atoms. The first-order valence-corrected chi connectivity index (χ1v) is 7.67. The zero-order valence-electron chi connectivity index (χ0n) is 11.7. The maximum atomic E-state index is 6.24. The lowest BCUT2D eigenvalue weighted by Gasteiger charge is -2.33. The van der Waals surface area contributed by atoms with E-state index in [1.807, 2.05) is 7.05 Å². The molecule has 0 fully saturated rings. The van der Waals surface area contributed by atoms with E-state index in [-0.39, 0.29) is 6.10 Å². The second-order valence-corrected chi connectivity index (χ2v) is 6.14. The second kappa shape index (κ2) is 5.58. The summed E-state index contributed by atoms with van der Waals surface area (Å²) in [5.74, 6) is 0.971. The van der Waals surface area contributed by atoms with Gasteiger partial charge in [0.25, 0.3) is 0 Å². The van der Waals surface area contributed by atoms with Gasteiger partial charge in [0.05, 0.1) is 0 Å². The number of fused-ring (bicyclic) bond motifs is 1. The Morgan fingerprint density at radius 1 is 1.15 bits per heavy atom. The van der Waals surface area contributed by atoms with Crippen molar-refractivity contribution in [2.45, 2.75) is 25.5 Å². The molecule has 104 valence electrons. The number of ether oxygens (including phenoxy) is 1. The van der Waals surface area contributed by atoms with Gasteiger partial charge in [-0.05, 0) is 37.2 Å². The fourth-order valence-electron chi connectivity index (χ4n) is 2.85. The molecule has 1 N–H and O–H groups in total. The van der Waals surface area contributed by atoms with Crippen LogP contribution in [0.1, 0.15) is 35.3 Å². The number of rotatable bonds is 2. The quantitative estimate of drug-likeness (QED) is 0.872. The molecule has 1 heterocycles. The molecule has 2 aromatic carbocycles. The van der Waals surface area contributed by atoms with Crippen molar-refractivity contribution in [3.63, 3.8) is 0 Å². The van der Waals surface area contributed by atoms with E-state index in [4.69, 9.17) is 4.74 Å². The molecule has 0 aromatic heterocycles. The molecule has 0 spiro atoms. The number of benzene rings is 2. The fourth-order valence-corrected chi connectivity index (χ4v) is 3.19. The fraction of sp³-hybridized carbons (Fsp3) is 0.294. The zero-order valence-corrected chi connectivity index (χ0v) is 13.3.